The van der Waals surface area contributed by atoms with E-state index in [0.29, 0.717) is 10.7 Å². The van der Waals surface area contributed by atoms with Crippen LogP contribution >= 0.6 is 11.3 Å². The molecule has 2 aromatic rings. The van der Waals surface area contributed by atoms with Crippen molar-refractivity contribution in [1.29, 1.82) is 0 Å². The molecule has 0 aliphatic carbocycles. The SMILES string of the molecule is O=C(NCc1n[nH]c(=O)[nH]1)c1ccc([C@H]2CCCO2)s1. The van der Waals surface area contributed by atoms with Crippen LogP contribution in [-0.4, -0.2) is 27.7 Å². The van der Waals surface area contributed by atoms with Crippen molar-refractivity contribution in [3.05, 3.63) is 38.2 Å². The van der Waals surface area contributed by atoms with Crippen molar-refractivity contribution in [2.45, 2.75) is 25.5 Å². The molecule has 0 unspecified atom stereocenters. The molecule has 3 heterocycles. The van der Waals surface area contributed by atoms with Gasteiger partial charge in [0.2, 0.25) is 0 Å². The Kier molecular flexibility index (Phi) is 3.66. The number of thiophene rings is 1. The van der Waals surface area contributed by atoms with Gasteiger partial charge < -0.3 is 10.1 Å². The van der Waals surface area contributed by atoms with Gasteiger partial charge in [0.1, 0.15) is 5.82 Å². The largest absolute Gasteiger partial charge is 0.373 e. The number of amides is 1. The first-order valence-electron chi connectivity index (χ1n) is 6.35. The van der Waals surface area contributed by atoms with Crippen LogP contribution in [0.25, 0.3) is 0 Å². The van der Waals surface area contributed by atoms with Crippen LogP contribution in [0.1, 0.15) is 39.3 Å². The van der Waals surface area contributed by atoms with Crippen LogP contribution in [0.5, 0.6) is 0 Å². The highest BCUT2D eigenvalue weighted by molar-refractivity contribution is 7.14. The summed E-state index contributed by atoms with van der Waals surface area (Å²) in [5, 5.41) is 8.68. The number of aromatic nitrogens is 3. The van der Waals surface area contributed by atoms with E-state index in [4.69, 9.17) is 4.74 Å². The predicted molar refractivity (Wildman–Crippen MR) is 72.6 cm³/mol. The maximum Gasteiger partial charge on any atom is 0.340 e. The number of carbonyl (C=O) groups excluding carboxylic acids is 1. The zero-order chi connectivity index (χ0) is 13.9. The summed E-state index contributed by atoms with van der Waals surface area (Å²) in [6, 6.07) is 3.73. The lowest BCUT2D eigenvalue weighted by Gasteiger charge is -2.05. The van der Waals surface area contributed by atoms with E-state index in [1.54, 1.807) is 6.07 Å². The summed E-state index contributed by atoms with van der Waals surface area (Å²) < 4.78 is 5.59. The van der Waals surface area contributed by atoms with Gasteiger partial charge in [-0.3, -0.25) is 9.78 Å². The van der Waals surface area contributed by atoms with Crippen LogP contribution < -0.4 is 11.0 Å². The quantitative estimate of drug-likeness (QED) is 0.781. The summed E-state index contributed by atoms with van der Waals surface area (Å²) in [5.41, 5.74) is -0.383. The predicted octanol–water partition coefficient (Wildman–Crippen LogP) is 0.941. The minimum Gasteiger partial charge on any atom is -0.373 e. The molecule has 3 N–H and O–H groups in total. The molecule has 0 spiro atoms. The number of rotatable bonds is 4. The topological polar surface area (TPSA) is 99.9 Å². The van der Waals surface area contributed by atoms with Gasteiger partial charge in [-0.1, -0.05) is 0 Å². The third-order valence-corrected chi connectivity index (χ3v) is 4.24. The molecule has 7 nitrogen and oxygen atoms in total. The van der Waals surface area contributed by atoms with E-state index >= 15 is 0 Å². The zero-order valence-electron chi connectivity index (χ0n) is 10.6. The van der Waals surface area contributed by atoms with E-state index in [9.17, 15) is 9.59 Å². The molecular weight excluding hydrogens is 280 g/mol. The molecule has 106 valence electrons. The second-order valence-corrected chi connectivity index (χ2v) is 5.63. The molecular formula is C12H14N4O3S. The molecule has 0 saturated carbocycles. The first-order valence-corrected chi connectivity index (χ1v) is 7.17. The number of H-pyrrole nitrogens is 2. The van der Waals surface area contributed by atoms with Gasteiger partial charge in [-0.25, -0.2) is 9.89 Å². The number of nitrogens with zero attached hydrogens (tertiary/aromatic N) is 1. The Morgan fingerprint density at radius 3 is 3.15 bits per heavy atom. The minimum atomic E-state index is -0.383. The number of aromatic amines is 2. The van der Waals surface area contributed by atoms with E-state index in [1.807, 2.05) is 6.07 Å². The highest BCUT2D eigenvalue weighted by Gasteiger charge is 2.20. The summed E-state index contributed by atoms with van der Waals surface area (Å²) in [4.78, 5) is 27.0. The van der Waals surface area contributed by atoms with Crippen molar-refractivity contribution in [1.82, 2.24) is 20.5 Å². The van der Waals surface area contributed by atoms with E-state index in [0.717, 1.165) is 24.3 Å². The molecule has 1 atom stereocenters. The Bertz CT molecular complexity index is 653. The Hall–Kier alpha value is -1.93. The summed E-state index contributed by atoms with van der Waals surface area (Å²) in [6.07, 6.45) is 2.21. The molecule has 1 saturated heterocycles. The number of hydrogen-bond donors (Lipinski definition) is 3. The summed E-state index contributed by atoms with van der Waals surface area (Å²) in [7, 11) is 0. The fourth-order valence-electron chi connectivity index (χ4n) is 2.09. The smallest absolute Gasteiger partial charge is 0.340 e. The number of ether oxygens (including phenoxy) is 1. The summed E-state index contributed by atoms with van der Waals surface area (Å²) >= 11 is 1.44. The lowest BCUT2D eigenvalue weighted by atomic mass is 10.2. The van der Waals surface area contributed by atoms with Crippen LogP contribution in [0.15, 0.2) is 16.9 Å². The van der Waals surface area contributed by atoms with Gasteiger partial charge in [-0.2, -0.15) is 5.10 Å². The Balaban J connectivity index is 1.60. The van der Waals surface area contributed by atoms with Crippen LogP contribution in [0.4, 0.5) is 0 Å². The number of nitrogens with one attached hydrogen (secondary N) is 3. The monoisotopic (exact) mass is 294 g/mol. The molecule has 0 bridgehead atoms. The zero-order valence-corrected chi connectivity index (χ0v) is 11.5. The maximum absolute atomic E-state index is 12.0. The van der Waals surface area contributed by atoms with Crippen molar-refractivity contribution in [2.24, 2.45) is 0 Å². The second kappa shape index (κ2) is 5.59. The van der Waals surface area contributed by atoms with Crippen LogP contribution in [0.2, 0.25) is 0 Å². The summed E-state index contributed by atoms with van der Waals surface area (Å²) in [5.74, 6) is 0.224. The third-order valence-electron chi connectivity index (χ3n) is 3.06. The van der Waals surface area contributed by atoms with Gasteiger partial charge in [0, 0.05) is 11.5 Å². The van der Waals surface area contributed by atoms with Gasteiger partial charge in [0.15, 0.2) is 0 Å². The number of carbonyl (C=O) groups is 1. The Morgan fingerprint density at radius 1 is 1.55 bits per heavy atom. The minimum absolute atomic E-state index is 0.129. The Morgan fingerprint density at radius 2 is 2.45 bits per heavy atom. The molecule has 0 radical (unpaired) electrons. The first-order chi connectivity index (χ1) is 9.72. The normalized spacial score (nSPS) is 18.3. The average molecular weight is 294 g/mol. The van der Waals surface area contributed by atoms with Crippen LogP contribution in [0, 0.1) is 0 Å². The van der Waals surface area contributed by atoms with E-state index in [2.05, 4.69) is 20.5 Å². The number of hydrogen-bond acceptors (Lipinski definition) is 5. The van der Waals surface area contributed by atoms with Gasteiger partial charge >= 0.3 is 5.69 Å². The van der Waals surface area contributed by atoms with Gasteiger partial charge in [-0.15, -0.1) is 11.3 Å². The van der Waals surface area contributed by atoms with Crippen molar-refractivity contribution < 1.29 is 9.53 Å². The second-order valence-electron chi connectivity index (χ2n) is 4.51. The van der Waals surface area contributed by atoms with Gasteiger partial charge in [0.25, 0.3) is 5.91 Å². The molecule has 2 aromatic heterocycles. The van der Waals surface area contributed by atoms with E-state index in [1.165, 1.54) is 11.3 Å². The average Bonchev–Trinajstić information content (AvgIpc) is 3.16. The van der Waals surface area contributed by atoms with Crippen LogP contribution in [0.3, 0.4) is 0 Å². The third kappa shape index (κ3) is 2.81. The molecule has 0 aromatic carbocycles. The fourth-order valence-corrected chi connectivity index (χ4v) is 3.10. The molecule has 20 heavy (non-hydrogen) atoms. The van der Waals surface area contributed by atoms with Gasteiger partial charge in [-0.05, 0) is 25.0 Å². The Labute approximate surface area is 118 Å². The maximum atomic E-state index is 12.0. The molecule has 1 aliphatic rings. The standard InChI is InChI=1S/C12H14N4O3S/c17-11(13-6-10-14-12(18)16-15-10)9-4-3-8(20-9)7-2-1-5-19-7/h3-4,7H,1-2,5-6H2,(H,13,17)(H2,14,15,16,18)/t7-/m1/s1. The molecule has 1 fully saturated rings. The highest BCUT2D eigenvalue weighted by atomic mass is 32.1. The van der Waals surface area contributed by atoms with Crippen LogP contribution in [-0.2, 0) is 11.3 Å². The molecule has 8 heteroatoms. The molecule has 1 aliphatic heterocycles. The highest BCUT2D eigenvalue weighted by Crippen LogP contribution is 2.33. The van der Waals surface area contributed by atoms with E-state index < -0.39 is 0 Å². The fraction of sp³-hybridized carbons (Fsp3) is 0.417. The van der Waals surface area contributed by atoms with Crippen molar-refractivity contribution in [2.75, 3.05) is 6.61 Å². The summed E-state index contributed by atoms with van der Waals surface area (Å²) in [6.45, 7) is 0.974. The van der Waals surface area contributed by atoms with Crippen molar-refractivity contribution in [3.8, 4) is 0 Å². The van der Waals surface area contributed by atoms with Crippen molar-refractivity contribution in [3.63, 3.8) is 0 Å². The molecule has 1 amide bonds. The lowest BCUT2D eigenvalue weighted by Crippen LogP contribution is -2.22. The molecule has 3 rings (SSSR count). The van der Waals surface area contributed by atoms with Crippen molar-refractivity contribution >= 4 is 17.2 Å². The van der Waals surface area contributed by atoms with Gasteiger partial charge in [0.05, 0.1) is 17.5 Å². The van der Waals surface area contributed by atoms with E-state index in [-0.39, 0.29) is 24.2 Å². The first kappa shape index (κ1) is 13.1. The lowest BCUT2D eigenvalue weighted by molar-refractivity contribution is 0.0954.